The lowest BCUT2D eigenvalue weighted by Crippen LogP contribution is -2.23. The van der Waals surface area contributed by atoms with E-state index >= 15 is 0 Å². The standard InChI is InChI=1S/C28H19N3O3/c29-16-19-4-3-5-21(14-19)20-10-8-18(9-11-20)17-30-27(32)22-12-13-26-24(15-22)31-28(33)23-6-1-2-7-25(23)34-26/h1-15H,17H2,(H,30,32)(H,31,33). The molecule has 1 heterocycles. The van der Waals surface area contributed by atoms with Gasteiger partial charge in [0.1, 0.15) is 5.75 Å². The van der Waals surface area contributed by atoms with E-state index in [1.54, 1.807) is 48.5 Å². The van der Waals surface area contributed by atoms with Crippen LogP contribution in [-0.2, 0) is 6.54 Å². The number of carbonyl (C=O) groups is 2. The molecule has 0 atom stereocenters. The minimum Gasteiger partial charge on any atom is -0.454 e. The van der Waals surface area contributed by atoms with Crippen molar-refractivity contribution >= 4 is 17.5 Å². The van der Waals surface area contributed by atoms with E-state index in [0.717, 1.165) is 16.7 Å². The molecule has 6 heteroatoms. The summed E-state index contributed by atoms with van der Waals surface area (Å²) in [6.45, 7) is 0.350. The van der Waals surface area contributed by atoms with Gasteiger partial charge in [-0.3, -0.25) is 9.59 Å². The molecule has 2 N–H and O–H groups in total. The number of amides is 2. The molecule has 0 aromatic heterocycles. The number of rotatable bonds is 4. The van der Waals surface area contributed by atoms with Crippen molar-refractivity contribution < 1.29 is 14.3 Å². The zero-order valence-corrected chi connectivity index (χ0v) is 18.0. The summed E-state index contributed by atoms with van der Waals surface area (Å²) in [6, 6.07) is 29.3. The van der Waals surface area contributed by atoms with Crippen LogP contribution in [0.15, 0.2) is 91.0 Å². The van der Waals surface area contributed by atoms with Gasteiger partial charge in [0.25, 0.3) is 11.8 Å². The summed E-state index contributed by atoms with van der Waals surface area (Å²) >= 11 is 0. The zero-order chi connectivity index (χ0) is 23.5. The smallest absolute Gasteiger partial charge is 0.259 e. The van der Waals surface area contributed by atoms with Gasteiger partial charge in [-0.15, -0.1) is 0 Å². The number of nitrogens with one attached hydrogen (secondary N) is 2. The molecule has 0 saturated carbocycles. The van der Waals surface area contributed by atoms with Crippen LogP contribution in [0.1, 0.15) is 31.8 Å². The maximum atomic E-state index is 12.8. The van der Waals surface area contributed by atoms with E-state index < -0.39 is 0 Å². The Morgan fingerprint density at radius 1 is 0.882 bits per heavy atom. The quantitative estimate of drug-likeness (QED) is 0.433. The first kappa shape index (κ1) is 21.0. The van der Waals surface area contributed by atoms with Gasteiger partial charge in [0.15, 0.2) is 5.75 Å². The summed E-state index contributed by atoms with van der Waals surface area (Å²) in [5, 5.41) is 14.8. The predicted molar refractivity (Wildman–Crippen MR) is 129 cm³/mol. The molecule has 0 unspecified atom stereocenters. The molecule has 5 rings (SSSR count). The average molecular weight is 445 g/mol. The highest BCUT2D eigenvalue weighted by atomic mass is 16.5. The molecular formula is C28H19N3O3. The fourth-order valence-corrected chi connectivity index (χ4v) is 3.78. The molecule has 1 aliphatic rings. The van der Waals surface area contributed by atoms with Crippen molar-refractivity contribution in [3.05, 3.63) is 113 Å². The summed E-state index contributed by atoms with van der Waals surface area (Å²) in [5.41, 5.74) is 4.81. The number of ether oxygens (including phenoxy) is 1. The molecule has 0 fully saturated rings. The lowest BCUT2D eigenvalue weighted by molar-refractivity contribution is 0.0949. The highest BCUT2D eigenvalue weighted by Crippen LogP contribution is 2.36. The Balaban J connectivity index is 1.27. The average Bonchev–Trinajstić information content (AvgIpc) is 3.02. The number of fused-ring (bicyclic) bond motifs is 2. The number of para-hydroxylation sites is 1. The monoisotopic (exact) mass is 445 g/mol. The molecule has 34 heavy (non-hydrogen) atoms. The van der Waals surface area contributed by atoms with E-state index in [1.807, 2.05) is 42.5 Å². The normalized spacial score (nSPS) is 11.7. The third kappa shape index (κ3) is 4.23. The third-order valence-corrected chi connectivity index (χ3v) is 5.57. The van der Waals surface area contributed by atoms with Crippen LogP contribution in [0.3, 0.4) is 0 Å². The van der Waals surface area contributed by atoms with Crippen LogP contribution in [0.25, 0.3) is 11.1 Å². The second kappa shape index (κ2) is 8.93. The second-order valence-corrected chi connectivity index (χ2v) is 7.84. The Morgan fingerprint density at radius 2 is 1.71 bits per heavy atom. The van der Waals surface area contributed by atoms with Crippen LogP contribution < -0.4 is 15.4 Å². The summed E-state index contributed by atoms with van der Waals surface area (Å²) in [7, 11) is 0. The van der Waals surface area contributed by atoms with Gasteiger partial charge in [0, 0.05) is 12.1 Å². The molecule has 6 nitrogen and oxygen atoms in total. The van der Waals surface area contributed by atoms with Crippen molar-refractivity contribution in [3.8, 4) is 28.7 Å². The number of carbonyl (C=O) groups excluding carboxylic acids is 2. The minimum atomic E-state index is -0.285. The Kier molecular flexibility index (Phi) is 5.51. The molecular weight excluding hydrogens is 426 g/mol. The van der Waals surface area contributed by atoms with Crippen molar-refractivity contribution in [3.63, 3.8) is 0 Å². The molecule has 1 aliphatic heterocycles. The van der Waals surface area contributed by atoms with Crippen LogP contribution in [0, 0.1) is 11.3 Å². The van der Waals surface area contributed by atoms with Gasteiger partial charge in [0.2, 0.25) is 0 Å². The molecule has 0 saturated heterocycles. The van der Waals surface area contributed by atoms with Gasteiger partial charge >= 0.3 is 0 Å². The highest BCUT2D eigenvalue weighted by Gasteiger charge is 2.21. The zero-order valence-electron chi connectivity index (χ0n) is 18.0. The second-order valence-electron chi connectivity index (χ2n) is 7.84. The van der Waals surface area contributed by atoms with Gasteiger partial charge in [-0.2, -0.15) is 5.26 Å². The first-order valence-electron chi connectivity index (χ1n) is 10.7. The SMILES string of the molecule is N#Cc1cccc(-c2ccc(CNC(=O)c3ccc4c(c3)NC(=O)c3ccccc3O4)cc2)c1. The molecule has 2 amide bonds. The van der Waals surface area contributed by atoms with Crippen LogP contribution in [0.5, 0.6) is 11.5 Å². The summed E-state index contributed by atoms with van der Waals surface area (Å²) < 4.78 is 5.87. The van der Waals surface area contributed by atoms with Crippen molar-refractivity contribution in [1.82, 2.24) is 5.32 Å². The van der Waals surface area contributed by atoms with Crippen LogP contribution in [0.2, 0.25) is 0 Å². The first-order valence-corrected chi connectivity index (χ1v) is 10.7. The molecule has 0 bridgehead atoms. The maximum Gasteiger partial charge on any atom is 0.259 e. The minimum absolute atomic E-state index is 0.260. The van der Waals surface area contributed by atoms with Gasteiger partial charge in [-0.05, 0) is 59.2 Å². The van der Waals surface area contributed by atoms with Gasteiger partial charge in [-0.1, -0.05) is 48.5 Å². The summed E-state index contributed by atoms with van der Waals surface area (Å²) in [5.74, 6) is 0.404. The lowest BCUT2D eigenvalue weighted by atomic mass is 10.0. The van der Waals surface area contributed by atoms with Crippen molar-refractivity contribution in [2.24, 2.45) is 0 Å². The molecule has 0 spiro atoms. The van der Waals surface area contributed by atoms with E-state index in [2.05, 4.69) is 16.7 Å². The fraction of sp³-hybridized carbons (Fsp3) is 0.0357. The molecule has 4 aromatic carbocycles. The maximum absolute atomic E-state index is 12.8. The number of benzene rings is 4. The van der Waals surface area contributed by atoms with Gasteiger partial charge < -0.3 is 15.4 Å². The Bertz CT molecular complexity index is 1450. The number of hydrogen-bond acceptors (Lipinski definition) is 4. The van der Waals surface area contributed by atoms with E-state index in [1.165, 1.54) is 0 Å². The molecule has 164 valence electrons. The third-order valence-electron chi connectivity index (χ3n) is 5.57. The van der Waals surface area contributed by atoms with Crippen LogP contribution >= 0.6 is 0 Å². The van der Waals surface area contributed by atoms with Crippen molar-refractivity contribution in [2.45, 2.75) is 6.54 Å². The first-order chi connectivity index (χ1) is 16.6. The van der Waals surface area contributed by atoms with E-state index in [0.29, 0.717) is 40.4 Å². The van der Waals surface area contributed by atoms with Crippen LogP contribution in [-0.4, -0.2) is 11.8 Å². The summed E-state index contributed by atoms with van der Waals surface area (Å²) in [6.07, 6.45) is 0. The Hall–Kier alpha value is -4.89. The molecule has 0 radical (unpaired) electrons. The largest absolute Gasteiger partial charge is 0.454 e. The number of nitriles is 1. The van der Waals surface area contributed by atoms with E-state index in [-0.39, 0.29) is 11.8 Å². The van der Waals surface area contributed by atoms with E-state index in [9.17, 15) is 9.59 Å². The number of nitrogens with zero attached hydrogens (tertiary/aromatic N) is 1. The van der Waals surface area contributed by atoms with E-state index in [4.69, 9.17) is 10.00 Å². The summed E-state index contributed by atoms with van der Waals surface area (Å²) in [4.78, 5) is 25.3. The van der Waals surface area contributed by atoms with Crippen LogP contribution in [0.4, 0.5) is 5.69 Å². The predicted octanol–water partition coefficient (Wildman–Crippen LogP) is 5.51. The number of hydrogen-bond donors (Lipinski definition) is 2. The Morgan fingerprint density at radius 3 is 2.53 bits per heavy atom. The van der Waals surface area contributed by atoms with Crippen molar-refractivity contribution in [1.29, 1.82) is 5.26 Å². The Labute approximate surface area is 196 Å². The highest BCUT2D eigenvalue weighted by molar-refractivity contribution is 6.08. The number of anilines is 1. The van der Waals surface area contributed by atoms with Gasteiger partial charge in [-0.25, -0.2) is 0 Å². The fourth-order valence-electron chi connectivity index (χ4n) is 3.78. The van der Waals surface area contributed by atoms with Crippen molar-refractivity contribution in [2.75, 3.05) is 5.32 Å². The topological polar surface area (TPSA) is 91.2 Å². The molecule has 4 aromatic rings. The lowest BCUT2D eigenvalue weighted by Gasteiger charge is -2.11. The van der Waals surface area contributed by atoms with Gasteiger partial charge in [0.05, 0.1) is 22.9 Å². The molecule has 0 aliphatic carbocycles.